The highest BCUT2D eigenvalue weighted by Gasteiger charge is 2.06. The van der Waals surface area contributed by atoms with Crippen molar-refractivity contribution in [1.82, 2.24) is 9.97 Å². The van der Waals surface area contributed by atoms with Crippen LogP contribution in [0.1, 0.15) is 16.7 Å². The van der Waals surface area contributed by atoms with Crippen molar-refractivity contribution in [3.8, 4) is 0 Å². The minimum absolute atomic E-state index is 0.244. The van der Waals surface area contributed by atoms with Crippen LogP contribution in [0.4, 0.5) is 11.5 Å². The fourth-order valence-electron chi connectivity index (χ4n) is 1.70. The van der Waals surface area contributed by atoms with Crippen LogP contribution in [0, 0.1) is 20.8 Å². The molecule has 1 aromatic carbocycles. The van der Waals surface area contributed by atoms with Crippen LogP contribution in [0.2, 0.25) is 5.28 Å². The number of nitrogens with one attached hydrogen (secondary N) is 1. The third-order valence-electron chi connectivity index (χ3n) is 2.64. The van der Waals surface area contributed by atoms with Gasteiger partial charge in [0.25, 0.3) is 0 Å². The van der Waals surface area contributed by atoms with E-state index in [0.29, 0.717) is 0 Å². The summed E-state index contributed by atoms with van der Waals surface area (Å²) in [7, 11) is 0. The lowest BCUT2D eigenvalue weighted by Crippen LogP contribution is -1.99. The molecule has 0 aliphatic carbocycles. The van der Waals surface area contributed by atoms with Crippen molar-refractivity contribution in [2.24, 2.45) is 0 Å². The SMILES string of the molecule is Cc1cnc(Cl)nc1Nc1cc(C)c(Br)c(C)c1. The van der Waals surface area contributed by atoms with Crippen LogP contribution in [0.25, 0.3) is 0 Å². The monoisotopic (exact) mass is 325 g/mol. The molecular formula is C13H13BrClN3. The smallest absolute Gasteiger partial charge is 0.224 e. The van der Waals surface area contributed by atoms with Crippen LogP contribution in [0.3, 0.4) is 0 Å². The molecule has 2 rings (SSSR count). The number of aromatic nitrogens is 2. The molecule has 1 N–H and O–H groups in total. The van der Waals surface area contributed by atoms with E-state index in [0.717, 1.165) is 21.5 Å². The molecule has 0 spiro atoms. The molecule has 0 amide bonds. The Balaban J connectivity index is 2.37. The molecule has 0 aliphatic heterocycles. The summed E-state index contributed by atoms with van der Waals surface area (Å²) in [5.41, 5.74) is 4.30. The van der Waals surface area contributed by atoms with E-state index < -0.39 is 0 Å². The van der Waals surface area contributed by atoms with Gasteiger partial charge in [-0.25, -0.2) is 9.97 Å². The average molecular weight is 327 g/mol. The summed E-state index contributed by atoms with van der Waals surface area (Å²) in [6, 6.07) is 4.12. The summed E-state index contributed by atoms with van der Waals surface area (Å²) in [5, 5.41) is 3.51. The molecule has 0 aliphatic rings. The van der Waals surface area contributed by atoms with Crippen molar-refractivity contribution in [2.45, 2.75) is 20.8 Å². The molecule has 0 fully saturated rings. The minimum atomic E-state index is 0.244. The maximum Gasteiger partial charge on any atom is 0.224 e. The molecule has 5 heteroatoms. The molecule has 0 saturated carbocycles. The van der Waals surface area contributed by atoms with E-state index >= 15 is 0 Å². The van der Waals surface area contributed by atoms with Gasteiger partial charge in [-0.3, -0.25) is 0 Å². The predicted molar refractivity (Wildman–Crippen MR) is 78.7 cm³/mol. The number of hydrogen-bond acceptors (Lipinski definition) is 3. The van der Waals surface area contributed by atoms with E-state index in [4.69, 9.17) is 11.6 Å². The first-order chi connectivity index (χ1) is 8.47. The summed E-state index contributed by atoms with van der Waals surface area (Å²) >= 11 is 9.35. The Bertz CT molecular complexity index is 576. The Morgan fingerprint density at radius 1 is 1.11 bits per heavy atom. The quantitative estimate of drug-likeness (QED) is 0.822. The Hall–Kier alpha value is -1.13. The lowest BCUT2D eigenvalue weighted by Gasteiger charge is -2.11. The summed E-state index contributed by atoms with van der Waals surface area (Å²) in [4.78, 5) is 8.12. The van der Waals surface area contributed by atoms with Crippen molar-refractivity contribution in [3.63, 3.8) is 0 Å². The van der Waals surface area contributed by atoms with Gasteiger partial charge in [-0.1, -0.05) is 15.9 Å². The zero-order chi connectivity index (χ0) is 13.3. The van der Waals surface area contributed by atoms with Gasteiger partial charge in [0.15, 0.2) is 0 Å². The summed E-state index contributed by atoms with van der Waals surface area (Å²) in [5.74, 6) is 0.733. The van der Waals surface area contributed by atoms with Gasteiger partial charge >= 0.3 is 0 Å². The summed E-state index contributed by atoms with van der Waals surface area (Å²) in [6.45, 7) is 6.06. The van der Waals surface area contributed by atoms with Crippen LogP contribution in [0.15, 0.2) is 22.8 Å². The number of anilines is 2. The zero-order valence-corrected chi connectivity index (χ0v) is 12.7. The lowest BCUT2D eigenvalue weighted by molar-refractivity contribution is 1.13. The standard InChI is InChI=1S/C13H13BrClN3/c1-7-4-10(5-8(2)11(7)14)17-12-9(3)6-16-13(15)18-12/h4-6H,1-3H3,(H,16,17,18). The molecule has 0 bridgehead atoms. The minimum Gasteiger partial charge on any atom is -0.340 e. The molecule has 1 aromatic heterocycles. The maximum atomic E-state index is 5.80. The van der Waals surface area contributed by atoms with Crippen molar-refractivity contribution >= 4 is 39.0 Å². The van der Waals surface area contributed by atoms with Gasteiger partial charge in [0.2, 0.25) is 5.28 Å². The second-order valence-corrected chi connectivity index (χ2v) is 5.35. The molecule has 0 saturated heterocycles. The van der Waals surface area contributed by atoms with E-state index in [1.165, 1.54) is 11.1 Å². The normalized spacial score (nSPS) is 10.5. The Morgan fingerprint density at radius 3 is 2.33 bits per heavy atom. The van der Waals surface area contributed by atoms with E-state index in [9.17, 15) is 0 Å². The van der Waals surface area contributed by atoms with E-state index in [1.807, 2.05) is 6.92 Å². The molecule has 0 radical (unpaired) electrons. The number of aryl methyl sites for hydroxylation is 3. The first kappa shape index (κ1) is 13.3. The maximum absolute atomic E-state index is 5.80. The molecule has 0 atom stereocenters. The molecule has 0 unspecified atom stereocenters. The third kappa shape index (κ3) is 2.82. The van der Waals surface area contributed by atoms with Gasteiger partial charge < -0.3 is 5.32 Å². The number of rotatable bonds is 2. The second kappa shape index (κ2) is 5.24. The van der Waals surface area contributed by atoms with E-state index in [-0.39, 0.29) is 5.28 Å². The van der Waals surface area contributed by atoms with Crippen LogP contribution in [-0.2, 0) is 0 Å². The molecule has 94 valence electrons. The van der Waals surface area contributed by atoms with Crippen molar-refractivity contribution < 1.29 is 0 Å². The fraction of sp³-hybridized carbons (Fsp3) is 0.231. The third-order valence-corrected chi connectivity index (χ3v) is 4.07. The first-order valence-corrected chi connectivity index (χ1v) is 6.67. The Kier molecular flexibility index (Phi) is 3.88. The molecule has 1 heterocycles. The highest BCUT2D eigenvalue weighted by Crippen LogP contribution is 2.27. The topological polar surface area (TPSA) is 37.8 Å². The zero-order valence-electron chi connectivity index (χ0n) is 10.4. The predicted octanol–water partition coefficient (Wildman–Crippen LogP) is 4.56. The molecule has 18 heavy (non-hydrogen) atoms. The Morgan fingerprint density at radius 2 is 1.72 bits per heavy atom. The van der Waals surface area contributed by atoms with Crippen LogP contribution < -0.4 is 5.32 Å². The summed E-state index contributed by atoms with van der Waals surface area (Å²) in [6.07, 6.45) is 1.70. The van der Waals surface area contributed by atoms with E-state index in [2.05, 4.69) is 57.2 Å². The number of halogens is 2. The molecule has 3 nitrogen and oxygen atoms in total. The van der Waals surface area contributed by atoms with Gasteiger partial charge in [-0.2, -0.15) is 0 Å². The molecule has 2 aromatic rings. The van der Waals surface area contributed by atoms with Crippen LogP contribution >= 0.6 is 27.5 Å². The second-order valence-electron chi connectivity index (χ2n) is 4.22. The largest absolute Gasteiger partial charge is 0.340 e. The van der Waals surface area contributed by atoms with E-state index in [1.54, 1.807) is 6.20 Å². The van der Waals surface area contributed by atoms with Crippen molar-refractivity contribution in [3.05, 3.63) is 44.8 Å². The Labute approximate surface area is 120 Å². The average Bonchev–Trinajstić information content (AvgIpc) is 2.31. The number of hydrogen-bond donors (Lipinski definition) is 1. The highest BCUT2D eigenvalue weighted by atomic mass is 79.9. The van der Waals surface area contributed by atoms with Crippen LogP contribution in [-0.4, -0.2) is 9.97 Å². The van der Waals surface area contributed by atoms with Crippen molar-refractivity contribution in [2.75, 3.05) is 5.32 Å². The van der Waals surface area contributed by atoms with Crippen LogP contribution in [0.5, 0.6) is 0 Å². The van der Waals surface area contributed by atoms with Gasteiger partial charge in [0.1, 0.15) is 5.82 Å². The van der Waals surface area contributed by atoms with Gasteiger partial charge in [-0.15, -0.1) is 0 Å². The number of nitrogens with zero attached hydrogens (tertiary/aromatic N) is 2. The highest BCUT2D eigenvalue weighted by molar-refractivity contribution is 9.10. The van der Waals surface area contributed by atoms with Gasteiger partial charge in [0, 0.05) is 21.9 Å². The molecular weight excluding hydrogens is 314 g/mol. The number of benzene rings is 1. The lowest BCUT2D eigenvalue weighted by atomic mass is 10.1. The first-order valence-electron chi connectivity index (χ1n) is 5.50. The van der Waals surface area contributed by atoms with Crippen molar-refractivity contribution in [1.29, 1.82) is 0 Å². The summed E-state index contributed by atoms with van der Waals surface area (Å²) < 4.78 is 1.13. The fourth-order valence-corrected chi connectivity index (χ4v) is 2.06. The van der Waals surface area contributed by atoms with Gasteiger partial charge in [0.05, 0.1) is 0 Å². The van der Waals surface area contributed by atoms with Gasteiger partial charge in [-0.05, 0) is 55.6 Å².